The molecule has 2 heterocycles. The summed E-state index contributed by atoms with van der Waals surface area (Å²) in [6, 6.07) is 13.0. The van der Waals surface area contributed by atoms with Crippen molar-refractivity contribution in [3.8, 4) is 11.3 Å². The average molecular weight is 352 g/mol. The van der Waals surface area contributed by atoms with Crippen LogP contribution in [0.15, 0.2) is 59.4 Å². The van der Waals surface area contributed by atoms with Gasteiger partial charge in [0.2, 0.25) is 5.91 Å². The number of pyridine rings is 1. The zero-order chi connectivity index (χ0) is 18.7. The molecule has 0 saturated heterocycles. The van der Waals surface area contributed by atoms with Crippen molar-refractivity contribution in [2.75, 3.05) is 5.32 Å². The highest BCUT2D eigenvalue weighted by Gasteiger charge is 2.18. The summed E-state index contributed by atoms with van der Waals surface area (Å²) in [5, 5.41) is 6.93. The minimum atomic E-state index is -0.842. The van der Waals surface area contributed by atoms with Crippen LogP contribution in [-0.4, -0.2) is 20.7 Å². The summed E-state index contributed by atoms with van der Waals surface area (Å²) in [6.07, 6.45) is 0. The van der Waals surface area contributed by atoms with Crippen LogP contribution >= 0.6 is 0 Å². The van der Waals surface area contributed by atoms with E-state index in [0.29, 0.717) is 17.1 Å². The van der Waals surface area contributed by atoms with E-state index in [1.807, 2.05) is 13.0 Å². The minimum absolute atomic E-state index is 0.361. The second kappa shape index (κ2) is 7.26. The van der Waals surface area contributed by atoms with Crippen molar-refractivity contribution in [2.45, 2.75) is 19.9 Å². The number of nitrogens with one attached hydrogen (secondary N) is 1. The molecule has 3 rings (SSSR count). The molecule has 6 nitrogen and oxygen atoms in total. The zero-order valence-corrected chi connectivity index (χ0v) is 14.3. The van der Waals surface area contributed by atoms with E-state index in [9.17, 15) is 14.0 Å². The molecule has 26 heavy (non-hydrogen) atoms. The van der Waals surface area contributed by atoms with Crippen molar-refractivity contribution in [1.82, 2.24) is 14.8 Å². The Bertz CT molecular complexity index is 999. The summed E-state index contributed by atoms with van der Waals surface area (Å²) in [6.45, 7) is 3.39. The summed E-state index contributed by atoms with van der Waals surface area (Å²) < 4.78 is 14.2. The monoisotopic (exact) mass is 352 g/mol. The van der Waals surface area contributed by atoms with Gasteiger partial charge in [-0.15, -0.1) is 0 Å². The standard InChI is InChI=1S/C19H17FN4O2/c1-12-4-3-5-17(21-12)22-19(26)13(2)24-18(25)11-10-16(23-24)14-6-8-15(20)9-7-14/h3-11,13H,1-2H3,(H,21,22,26)/t13-/m0/s1. The van der Waals surface area contributed by atoms with Crippen LogP contribution in [0.5, 0.6) is 0 Å². The van der Waals surface area contributed by atoms with E-state index < -0.39 is 17.5 Å². The predicted octanol–water partition coefficient (Wildman–Crippen LogP) is 2.95. The number of amides is 1. The van der Waals surface area contributed by atoms with Gasteiger partial charge in [0.1, 0.15) is 17.7 Å². The molecular formula is C19H17FN4O2. The molecule has 0 fully saturated rings. The molecule has 2 aromatic heterocycles. The lowest BCUT2D eigenvalue weighted by Gasteiger charge is -2.15. The molecule has 0 aliphatic carbocycles. The van der Waals surface area contributed by atoms with Crippen molar-refractivity contribution in [3.05, 3.63) is 76.5 Å². The molecule has 7 heteroatoms. The molecule has 0 saturated carbocycles. The Balaban J connectivity index is 1.87. The molecule has 0 aliphatic heterocycles. The third-order valence-electron chi connectivity index (χ3n) is 3.85. The normalized spacial score (nSPS) is 11.8. The topological polar surface area (TPSA) is 76.9 Å². The minimum Gasteiger partial charge on any atom is -0.309 e. The number of aryl methyl sites for hydroxylation is 1. The Labute approximate surface area is 149 Å². The van der Waals surface area contributed by atoms with Gasteiger partial charge < -0.3 is 5.32 Å². The van der Waals surface area contributed by atoms with E-state index in [1.165, 1.54) is 18.2 Å². The number of rotatable bonds is 4. The van der Waals surface area contributed by atoms with Crippen LogP contribution in [0.1, 0.15) is 18.7 Å². The molecule has 0 aliphatic rings. The van der Waals surface area contributed by atoms with Crippen LogP contribution in [0, 0.1) is 12.7 Å². The first-order chi connectivity index (χ1) is 12.4. The maximum Gasteiger partial charge on any atom is 0.267 e. The summed E-state index contributed by atoms with van der Waals surface area (Å²) in [5.41, 5.74) is 1.48. The number of halogens is 1. The lowest BCUT2D eigenvalue weighted by atomic mass is 10.1. The Morgan fingerprint density at radius 2 is 1.85 bits per heavy atom. The van der Waals surface area contributed by atoms with Gasteiger partial charge in [-0.1, -0.05) is 6.07 Å². The molecule has 0 unspecified atom stereocenters. The van der Waals surface area contributed by atoms with E-state index >= 15 is 0 Å². The van der Waals surface area contributed by atoms with Crippen LogP contribution in [0.2, 0.25) is 0 Å². The van der Waals surface area contributed by atoms with Crippen LogP contribution in [-0.2, 0) is 4.79 Å². The summed E-state index contributed by atoms with van der Waals surface area (Å²) >= 11 is 0. The van der Waals surface area contributed by atoms with Crippen molar-refractivity contribution < 1.29 is 9.18 Å². The molecule has 0 radical (unpaired) electrons. The van der Waals surface area contributed by atoms with Gasteiger partial charge in [0.25, 0.3) is 5.56 Å². The lowest BCUT2D eigenvalue weighted by Crippen LogP contribution is -2.33. The molecule has 1 N–H and O–H groups in total. The van der Waals surface area contributed by atoms with Crippen molar-refractivity contribution in [2.24, 2.45) is 0 Å². The highest BCUT2D eigenvalue weighted by Crippen LogP contribution is 2.17. The SMILES string of the molecule is Cc1cccc(NC(=O)[C@H](C)n2nc(-c3ccc(F)cc3)ccc2=O)n1. The van der Waals surface area contributed by atoms with Crippen LogP contribution in [0.4, 0.5) is 10.2 Å². The smallest absolute Gasteiger partial charge is 0.267 e. The third-order valence-corrected chi connectivity index (χ3v) is 3.85. The maximum absolute atomic E-state index is 13.1. The highest BCUT2D eigenvalue weighted by molar-refractivity contribution is 5.92. The first-order valence-electron chi connectivity index (χ1n) is 8.04. The molecular weight excluding hydrogens is 335 g/mol. The van der Waals surface area contributed by atoms with E-state index in [0.717, 1.165) is 10.4 Å². The number of anilines is 1. The van der Waals surface area contributed by atoms with Gasteiger partial charge in [-0.3, -0.25) is 9.59 Å². The van der Waals surface area contributed by atoms with E-state index in [4.69, 9.17) is 0 Å². The molecule has 3 aromatic rings. The predicted molar refractivity (Wildman–Crippen MR) is 96.2 cm³/mol. The number of hydrogen-bond donors (Lipinski definition) is 1. The summed E-state index contributed by atoms with van der Waals surface area (Å²) in [7, 11) is 0. The van der Waals surface area contributed by atoms with Gasteiger partial charge in [-0.05, 0) is 56.3 Å². The quantitative estimate of drug-likeness (QED) is 0.783. The van der Waals surface area contributed by atoms with Crippen LogP contribution in [0.25, 0.3) is 11.3 Å². The fourth-order valence-electron chi connectivity index (χ4n) is 2.43. The molecule has 132 valence electrons. The van der Waals surface area contributed by atoms with Gasteiger partial charge in [0.05, 0.1) is 5.69 Å². The van der Waals surface area contributed by atoms with Crippen molar-refractivity contribution in [1.29, 1.82) is 0 Å². The Morgan fingerprint density at radius 3 is 2.54 bits per heavy atom. The van der Waals surface area contributed by atoms with Gasteiger partial charge >= 0.3 is 0 Å². The summed E-state index contributed by atoms with van der Waals surface area (Å²) in [5.74, 6) is -0.362. The molecule has 1 aromatic carbocycles. The number of aromatic nitrogens is 3. The Kier molecular flexibility index (Phi) is 4.88. The van der Waals surface area contributed by atoms with E-state index in [1.54, 1.807) is 37.3 Å². The lowest BCUT2D eigenvalue weighted by molar-refractivity contribution is -0.119. The van der Waals surface area contributed by atoms with E-state index in [2.05, 4.69) is 15.4 Å². The number of benzene rings is 1. The van der Waals surface area contributed by atoms with Crippen LogP contribution < -0.4 is 10.9 Å². The largest absolute Gasteiger partial charge is 0.309 e. The fraction of sp³-hybridized carbons (Fsp3) is 0.158. The maximum atomic E-state index is 13.1. The number of carbonyl (C=O) groups excluding carboxylic acids is 1. The van der Waals surface area contributed by atoms with Gasteiger partial charge in [0, 0.05) is 17.3 Å². The first-order valence-corrected chi connectivity index (χ1v) is 8.04. The molecule has 1 amide bonds. The van der Waals surface area contributed by atoms with Gasteiger partial charge in [0.15, 0.2) is 0 Å². The van der Waals surface area contributed by atoms with E-state index in [-0.39, 0.29) is 5.82 Å². The molecule has 0 bridgehead atoms. The third kappa shape index (κ3) is 3.83. The fourth-order valence-corrected chi connectivity index (χ4v) is 2.43. The number of hydrogen-bond acceptors (Lipinski definition) is 4. The Morgan fingerprint density at radius 1 is 1.12 bits per heavy atom. The second-order valence-corrected chi connectivity index (χ2v) is 5.84. The average Bonchev–Trinajstić information content (AvgIpc) is 2.62. The van der Waals surface area contributed by atoms with Crippen LogP contribution in [0.3, 0.4) is 0 Å². The van der Waals surface area contributed by atoms with Crippen molar-refractivity contribution >= 4 is 11.7 Å². The molecule has 0 spiro atoms. The Hall–Kier alpha value is -3.35. The highest BCUT2D eigenvalue weighted by atomic mass is 19.1. The summed E-state index contributed by atoms with van der Waals surface area (Å²) in [4.78, 5) is 28.8. The number of nitrogens with zero attached hydrogens (tertiary/aromatic N) is 3. The number of carbonyl (C=O) groups is 1. The zero-order valence-electron chi connectivity index (χ0n) is 14.3. The first kappa shape index (κ1) is 17.5. The van der Waals surface area contributed by atoms with Gasteiger partial charge in [-0.25, -0.2) is 14.1 Å². The molecule has 1 atom stereocenters. The van der Waals surface area contributed by atoms with Crippen molar-refractivity contribution in [3.63, 3.8) is 0 Å². The second-order valence-electron chi connectivity index (χ2n) is 5.84. The van der Waals surface area contributed by atoms with Gasteiger partial charge in [-0.2, -0.15) is 5.10 Å².